The molecule has 1 heterocycles. The molecule has 8 nitrogen and oxygen atoms in total. The number of nitrogens with zero attached hydrogens (tertiary/aromatic N) is 2. The molecule has 0 saturated carbocycles. The number of carbonyl (C=O) groups excluding carboxylic acids is 1. The second kappa shape index (κ2) is 16.9. The maximum Gasteiger partial charge on any atom is 0.326 e. The van der Waals surface area contributed by atoms with Gasteiger partial charge in [0.05, 0.1) is 13.2 Å². The zero-order valence-corrected chi connectivity index (χ0v) is 30.6. The van der Waals surface area contributed by atoms with E-state index < -0.39 is 50.4 Å². The Balaban J connectivity index is 1.94. The van der Waals surface area contributed by atoms with Gasteiger partial charge in [-0.3, -0.25) is 4.79 Å². The van der Waals surface area contributed by atoms with Crippen LogP contribution in [0.4, 0.5) is 0 Å². The number of carbonyl (C=O) groups is 1. The number of benzene rings is 3. The fourth-order valence-corrected chi connectivity index (χ4v) is 12.8. The molecule has 0 radical (unpaired) electrons. The van der Waals surface area contributed by atoms with Crippen LogP contribution in [-0.4, -0.2) is 55.3 Å². The van der Waals surface area contributed by atoms with Gasteiger partial charge in [-0.25, -0.2) is 0 Å². The van der Waals surface area contributed by atoms with Crippen LogP contribution in [0.15, 0.2) is 91.0 Å². The van der Waals surface area contributed by atoms with Gasteiger partial charge in [-0.05, 0) is 47.2 Å². The van der Waals surface area contributed by atoms with Gasteiger partial charge in [0.15, 0.2) is 11.9 Å². The molecular weight excluding hydrogens is 621 g/mol. The zero-order chi connectivity index (χ0) is 34.9. The second-order valence-corrected chi connectivity index (χ2v) is 19.4. The van der Waals surface area contributed by atoms with Crippen molar-refractivity contribution in [2.24, 2.45) is 0 Å². The maximum absolute atomic E-state index is 13.5. The molecule has 0 N–H and O–H groups in total. The summed E-state index contributed by atoms with van der Waals surface area (Å²) in [6.07, 6.45) is -3.32. The first-order valence-electron chi connectivity index (χ1n) is 17.0. The summed E-state index contributed by atoms with van der Waals surface area (Å²) >= 11 is 0. The third-order valence-corrected chi connectivity index (χ3v) is 15.4. The van der Waals surface area contributed by atoms with Gasteiger partial charge in [0.25, 0.3) is 5.78 Å². The van der Waals surface area contributed by atoms with Crippen LogP contribution in [0.3, 0.4) is 0 Å². The van der Waals surface area contributed by atoms with Gasteiger partial charge in [0, 0.05) is 0 Å². The van der Waals surface area contributed by atoms with Crippen molar-refractivity contribution >= 4 is 20.3 Å². The molecule has 258 valence electrons. The molecule has 0 bridgehead atoms. The predicted molar refractivity (Wildman–Crippen MR) is 190 cm³/mol. The summed E-state index contributed by atoms with van der Waals surface area (Å²) in [4.78, 5) is 16.5. The van der Waals surface area contributed by atoms with Gasteiger partial charge < -0.3 is 28.9 Å². The van der Waals surface area contributed by atoms with Crippen molar-refractivity contribution < 1.29 is 33.0 Å². The van der Waals surface area contributed by atoms with E-state index in [0.29, 0.717) is 6.61 Å². The quantitative estimate of drug-likeness (QED) is 0.0617. The van der Waals surface area contributed by atoms with Gasteiger partial charge >= 0.3 is 6.21 Å². The molecule has 0 unspecified atom stereocenters. The normalized spacial score (nSPS) is 19.6. The van der Waals surface area contributed by atoms with Crippen LogP contribution in [0, 0.1) is 0 Å². The van der Waals surface area contributed by atoms with E-state index in [1.807, 2.05) is 91.0 Å². The maximum atomic E-state index is 13.5. The molecule has 1 fully saturated rings. The third kappa shape index (κ3) is 9.04. The van der Waals surface area contributed by atoms with Crippen molar-refractivity contribution in [2.75, 3.05) is 0 Å². The van der Waals surface area contributed by atoms with E-state index in [1.165, 1.54) is 0 Å². The van der Waals surface area contributed by atoms with Crippen molar-refractivity contribution in [1.82, 2.24) is 0 Å². The minimum Gasteiger partial charge on any atom is -0.407 e. The lowest BCUT2D eigenvalue weighted by atomic mass is 9.93. The van der Waals surface area contributed by atoms with Crippen LogP contribution in [0.1, 0.15) is 78.2 Å². The minimum atomic E-state index is -2.62. The largest absolute Gasteiger partial charge is 0.407 e. The topological polar surface area (TPSA) is 99.6 Å². The lowest BCUT2D eigenvalue weighted by molar-refractivity contribution is -0.186. The van der Waals surface area contributed by atoms with Crippen LogP contribution in [0.5, 0.6) is 0 Å². The Kier molecular flexibility index (Phi) is 13.2. The molecule has 5 atom stereocenters. The van der Waals surface area contributed by atoms with Crippen molar-refractivity contribution in [3.63, 3.8) is 0 Å². The van der Waals surface area contributed by atoms with E-state index in [0.717, 1.165) is 22.9 Å². The summed E-state index contributed by atoms with van der Waals surface area (Å²) in [6.45, 7) is 17.6. The Bertz CT molecular complexity index is 1460. The molecule has 0 aliphatic carbocycles. The monoisotopic (exact) mass is 672 g/mol. The summed E-state index contributed by atoms with van der Waals surface area (Å²) in [6, 6.07) is 30.0. The van der Waals surface area contributed by atoms with Crippen LogP contribution in [0.25, 0.3) is 5.53 Å². The van der Waals surface area contributed by atoms with Crippen molar-refractivity contribution in [3.05, 3.63) is 113 Å². The van der Waals surface area contributed by atoms with Crippen molar-refractivity contribution in [2.45, 2.75) is 122 Å². The first-order valence-corrected chi connectivity index (χ1v) is 19.1. The SMILES string of the molecule is CC(C)[Si](O[C@@H]([C@H](OCc1ccccc1)[C@H]1OC(C)(C)O[C@@H]1C(=O)C=[N+]=[N-])[C@H](OCc1ccccc1)c1ccccc1)(C(C)C)C(C)C. The smallest absolute Gasteiger partial charge is 0.326 e. The molecule has 4 rings (SSSR count). The molecule has 48 heavy (non-hydrogen) atoms. The van der Waals surface area contributed by atoms with Gasteiger partial charge in [0.2, 0.25) is 8.32 Å². The third-order valence-electron chi connectivity index (χ3n) is 9.27. The van der Waals surface area contributed by atoms with Crippen molar-refractivity contribution in [3.8, 4) is 0 Å². The number of ketones is 1. The van der Waals surface area contributed by atoms with Gasteiger partial charge in [-0.2, -0.15) is 4.79 Å². The van der Waals surface area contributed by atoms with E-state index in [1.54, 1.807) is 13.8 Å². The van der Waals surface area contributed by atoms with Gasteiger partial charge in [0.1, 0.15) is 24.4 Å². The number of hydrogen-bond donors (Lipinski definition) is 0. The number of hydrogen-bond acceptors (Lipinski definition) is 6. The molecule has 3 aromatic carbocycles. The Morgan fingerprint density at radius 1 is 0.792 bits per heavy atom. The highest BCUT2D eigenvalue weighted by Crippen LogP contribution is 2.47. The second-order valence-electron chi connectivity index (χ2n) is 14.0. The Morgan fingerprint density at radius 3 is 1.75 bits per heavy atom. The Hall–Kier alpha value is -3.27. The lowest BCUT2D eigenvalue weighted by Gasteiger charge is -2.48. The Labute approximate surface area is 287 Å². The first kappa shape index (κ1) is 37.5. The molecule has 0 aromatic heterocycles. The molecular formula is C39H52N2O6Si. The molecule has 3 aromatic rings. The highest BCUT2D eigenvalue weighted by Gasteiger charge is 2.56. The van der Waals surface area contributed by atoms with Gasteiger partial charge in [-0.1, -0.05) is 133 Å². The van der Waals surface area contributed by atoms with Crippen LogP contribution in [-0.2, 0) is 41.4 Å². The molecule has 9 heteroatoms. The summed E-state index contributed by atoms with van der Waals surface area (Å²) < 4.78 is 34.3. The van der Waals surface area contributed by atoms with Crippen LogP contribution < -0.4 is 0 Å². The molecule has 1 saturated heterocycles. The summed E-state index contributed by atoms with van der Waals surface area (Å²) in [5, 5.41) is 0. The summed E-state index contributed by atoms with van der Waals surface area (Å²) in [5.41, 5.74) is 13.0. The standard InChI is InChI=1S/C39H52N2O6Si/c1-27(2)48(28(3)4,29(5)6)47-38(34(32-22-16-11-17-23-32)43-25-30-18-12-9-13-19-30)36(44-26-31-20-14-10-15-21-31)37-35(33(42)24-41-40)45-39(7,8)46-37/h9-24,27-29,34-38H,25-26H2,1-8H3/t34-,35-,36-,37+,38-/m1/s1. The number of Topliss-reactive ketones (excluding diaryl/α,β-unsaturated/α-hetero) is 1. The van der Waals surface area contributed by atoms with Crippen LogP contribution in [0.2, 0.25) is 16.6 Å². The van der Waals surface area contributed by atoms with E-state index in [-0.39, 0.29) is 23.2 Å². The summed E-state index contributed by atoms with van der Waals surface area (Å²) in [7, 11) is -2.62. The fourth-order valence-electron chi connectivity index (χ4n) is 7.25. The van der Waals surface area contributed by atoms with Gasteiger partial charge in [-0.15, -0.1) is 0 Å². The number of ether oxygens (including phenoxy) is 4. The predicted octanol–water partition coefficient (Wildman–Crippen LogP) is 8.48. The molecule has 1 aliphatic rings. The van der Waals surface area contributed by atoms with E-state index >= 15 is 0 Å². The van der Waals surface area contributed by atoms with E-state index in [9.17, 15) is 10.3 Å². The molecule has 0 amide bonds. The zero-order valence-electron chi connectivity index (χ0n) is 29.6. The average Bonchev–Trinajstić information content (AvgIpc) is 3.39. The first-order chi connectivity index (χ1) is 22.9. The summed E-state index contributed by atoms with van der Waals surface area (Å²) in [5.74, 6) is -1.65. The lowest BCUT2D eigenvalue weighted by Crippen LogP contribution is -2.58. The molecule has 0 spiro atoms. The highest BCUT2D eigenvalue weighted by atomic mass is 28.4. The molecule has 1 aliphatic heterocycles. The number of rotatable bonds is 17. The fraction of sp³-hybridized carbons (Fsp3) is 0.487. The van der Waals surface area contributed by atoms with E-state index in [2.05, 4.69) is 46.3 Å². The van der Waals surface area contributed by atoms with Crippen molar-refractivity contribution in [1.29, 1.82) is 0 Å². The average molecular weight is 673 g/mol. The Morgan fingerprint density at radius 2 is 1.27 bits per heavy atom. The minimum absolute atomic E-state index is 0.237. The van der Waals surface area contributed by atoms with E-state index in [4.69, 9.17) is 23.4 Å². The van der Waals surface area contributed by atoms with Crippen LogP contribution >= 0.6 is 0 Å². The highest BCUT2D eigenvalue weighted by molar-refractivity contribution is 6.77.